The third-order valence-corrected chi connectivity index (χ3v) is 6.11. The van der Waals surface area contributed by atoms with E-state index < -0.39 is 0 Å². The number of carbonyl (C=O) groups excluding carboxylic acids is 1. The number of esters is 1. The molecule has 1 aliphatic heterocycles. The first-order valence-electron chi connectivity index (χ1n) is 10.2. The number of rotatable bonds is 5. The zero-order valence-electron chi connectivity index (χ0n) is 16.9. The van der Waals surface area contributed by atoms with Gasteiger partial charge in [-0.3, -0.25) is 14.7 Å². The van der Waals surface area contributed by atoms with Crippen molar-refractivity contribution in [2.45, 2.75) is 31.3 Å². The van der Waals surface area contributed by atoms with Gasteiger partial charge < -0.3 is 14.3 Å². The fourth-order valence-corrected chi connectivity index (χ4v) is 4.56. The van der Waals surface area contributed by atoms with Crippen LogP contribution in [0.4, 0.5) is 0 Å². The number of hydrogen-bond donors (Lipinski definition) is 1. The Balaban J connectivity index is 1.38. The van der Waals surface area contributed by atoms with Crippen molar-refractivity contribution in [1.82, 2.24) is 29.4 Å². The third kappa shape index (κ3) is 3.33. The van der Waals surface area contributed by atoms with Crippen molar-refractivity contribution in [3.05, 3.63) is 54.9 Å². The number of fused-ring (bicyclic) bond motifs is 3. The highest BCUT2D eigenvalue weighted by molar-refractivity contribution is 6.00. The first-order valence-corrected chi connectivity index (χ1v) is 10.2. The maximum atomic E-state index is 12.0. The van der Waals surface area contributed by atoms with Crippen molar-refractivity contribution in [3.8, 4) is 0 Å². The Bertz CT molecular complexity index is 1160. The van der Waals surface area contributed by atoms with Gasteiger partial charge in [0.05, 0.1) is 31.6 Å². The molecule has 30 heavy (non-hydrogen) atoms. The minimum atomic E-state index is -0.200. The zero-order chi connectivity index (χ0) is 20.5. The van der Waals surface area contributed by atoms with Gasteiger partial charge in [0.15, 0.2) is 0 Å². The van der Waals surface area contributed by atoms with Crippen LogP contribution in [-0.2, 0) is 9.53 Å². The van der Waals surface area contributed by atoms with Gasteiger partial charge in [0, 0.05) is 49.1 Å². The normalized spacial score (nSPS) is 16.8. The lowest BCUT2D eigenvalue weighted by molar-refractivity contribution is -0.142. The predicted octanol–water partition coefficient (Wildman–Crippen LogP) is 3.25. The van der Waals surface area contributed by atoms with Crippen LogP contribution in [0, 0.1) is 0 Å². The molecule has 1 atom stereocenters. The van der Waals surface area contributed by atoms with E-state index >= 15 is 0 Å². The molecule has 0 radical (unpaired) electrons. The highest BCUT2D eigenvalue weighted by Gasteiger charge is 2.29. The van der Waals surface area contributed by atoms with E-state index in [1.54, 1.807) is 6.20 Å². The summed E-state index contributed by atoms with van der Waals surface area (Å²) in [4.78, 5) is 30.9. The van der Waals surface area contributed by atoms with Crippen LogP contribution >= 0.6 is 0 Å². The molecule has 5 rings (SSSR count). The van der Waals surface area contributed by atoms with Gasteiger partial charge >= 0.3 is 5.97 Å². The Labute approximate surface area is 173 Å². The average Bonchev–Trinajstić information content (AvgIpc) is 3.44. The number of methoxy groups -OCH3 is 1. The Morgan fingerprint density at radius 1 is 1.27 bits per heavy atom. The second-order valence-corrected chi connectivity index (χ2v) is 7.73. The fraction of sp³-hybridized carbons (Fsp3) is 0.364. The summed E-state index contributed by atoms with van der Waals surface area (Å²) in [5, 5.41) is 1.10. The second kappa shape index (κ2) is 7.87. The largest absolute Gasteiger partial charge is 0.469 e. The van der Waals surface area contributed by atoms with E-state index in [2.05, 4.69) is 35.5 Å². The summed E-state index contributed by atoms with van der Waals surface area (Å²) in [5.41, 5.74) is 3.99. The number of imidazole rings is 1. The highest BCUT2D eigenvalue weighted by Crippen LogP contribution is 2.34. The summed E-state index contributed by atoms with van der Waals surface area (Å²) in [6, 6.07) is 6.35. The summed E-state index contributed by atoms with van der Waals surface area (Å²) in [5.74, 6) is -0.200. The lowest BCUT2D eigenvalue weighted by atomic mass is 9.98. The average molecular weight is 404 g/mol. The molecule has 0 aromatic carbocycles. The molecular weight excluding hydrogens is 380 g/mol. The zero-order valence-corrected chi connectivity index (χ0v) is 16.9. The number of ether oxygens (including phenoxy) is 1. The Kier molecular flexibility index (Phi) is 4.92. The summed E-state index contributed by atoms with van der Waals surface area (Å²) in [6.07, 6.45) is 11.6. The molecule has 1 fully saturated rings. The first kappa shape index (κ1) is 18.7. The molecule has 0 bridgehead atoms. The van der Waals surface area contributed by atoms with Crippen LogP contribution in [0.2, 0.25) is 0 Å². The number of H-pyrrole nitrogens is 1. The van der Waals surface area contributed by atoms with Crippen molar-refractivity contribution in [3.63, 3.8) is 0 Å². The van der Waals surface area contributed by atoms with Crippen molar-refractivity contribution in [2.75, 3.05) is 20.2 Å². The number of aromatic nitrogens is 5. The van der Waals surface area contributed by atoms with E-state index in [0.717, 1.165) is 53.6 Å². The third-order valence-electron chi connectivity index (χ3n) is 6.11. The molecule has 1 aliphatic rings. The van der Waals surface area contributed by atoms with Gasteiger partial charge in [0.2, 0.25) is 0 Å². The fourth-order valence-electron chi connectivity index (χ4n) is 4.56. The van der Waals surface area contributed by atoms with Gasteiger partial charge in [-0.15, -0.1) is 0 Å². The molecular formula is C22H24N6O2. The predicted molar refractivity (Wildman–Crippen MR) is 113 cm³/mol. The molecule has 5 heterocycles. The second-order valence-electron chi connectivity index (χ2n) is 7.73. The van der Waals surface area contributed by atoms with Gasteiger partial charge in [0.25, 0.3) is 0 Å². The number of pyridine rings is 2. The van der Waals surface area contributed by atoms with Crippen molar-refractivity contribution < 1.29 is 9.53 Å². The Hall–Kier alpha value is -3.26. The summed E-state index contributed by atoms with van der Waals surface area (Å²) in [7, 11) is 1.44. The summed E-state index contributed by atoms with van der Waals surface area (Å²) in [6.45, 7) is 1.78. The molecule has 0 aliphatic carbocycles. The molecule has 0 saturated carbocycles. The van der Waals surface area contributed by atoms with Crippen LogP contribution in [0.3, 0.4) is 0 Å². The smallest absolute Gasteiger partial charge is 0.307 e. The molecule has 4 aromatic heterocycles. The standard InChI is InChI=1S/C22H24N6O2/c1-30-20(29)11-19(15-3-2-7-23-12-15)27-9-5-16(6-10-27)28-14-26-18-13-25-22-17(21(18)28)4-8-24-22/h2-4,7-8,12-14,16,19H,5-6,9-11H2,1H3,(H,24,25). The van der Waals surface area contributed by atoms with Crippen molar-refractivity contribution in [1.29, 1.82) is 0 Å². The van der Waals surface area contributed by atoms with Gasteiger partial charge in [-0.1, -0.05) is 6.07 Å². The number of likely N-dealkylation sites (tertiary alicyclic amines) is 1. The number of carbonyl (C=O) groups is 1. The number of piperidine rings is 1. The van der Waals surface area contributed by atoms with E-state index in [9.17, 15) is 4.79 Å². The minimum Gasteiger partial charge on any atom is -0.469 e. The maximum absolute atomic E-state index is 12.0. The van der Waals surface area contributed by atoms with Crippen molar-refractivity contribution >= 4 is 28.0 Å². The molecule has 4 aromatic rings. The number of nitrogens with one attached hydrogen (secondary N) is 1. The van der Waals surface area contributed by atoms with Crippen LogP contribution < -0.4 is 0 Å². The molecule has 0 spiro atoms. The van der Waals surface area contributed by atoms with Crippen LogP contribution in [0.25, 0.3) is 22.1 Å². The van der Waals surface area contributed by atoms with Crippen LogP contribution in [0.1, 0.15) is 36.9 Å². The quantitative estimate of drug-likeness (QED) is 0.514. The van der Waals surface area contributed by atoms with Gasteiger partial charge in [-0.05, 0) is 30.5 Å². The highest BCUT2D eigenvalue weighted by atomic mass is 16.5. The van der Waals surface area contributed by atoms with Gasteiger partial charge in [-0.25, -0.2) is 9.97 Å². The number of hydrogen-bond acceptors (Lipinski definition) is 6. The Morgan fingerprint density at radius 3 is 2.90 bits per heavy atom. The molecule has 1 unspecified atom stereocenters. The summed E-state index contributed by atoms with van der Waals surface area (Å²) >= 11 is 0. The topological polar surface area (TPSA) is 88.9 Å². The first-order chi connectivity index (χ1) is 14.7. The van der Waals surface area contributed by atoms with Crippen LogP contribution in [0.5, 0.6) is 0 Å². The number of aromatic amines is 1. The van der Waals surface area contributed by atoms with E-state index in [1.807, 2.05) is 37.1 Å². The number of nitrogens with zero attached hydrogens (tertiary/aromatic N) is 5. The SMILES string of the molecule is COC(=O)CC(c1cccnc1)N1CCC(n2cnc3cnc4[nH]ccc4c32)CC1. The molecule has 1 N–H and O–H groups in total. The van der Waals surface area contributed by atoms with E-state index in [4.69, 9.17) is 4.74 Å². The van der Waals surface area contributed by atoms with E-state index in [0.29, 0.717) is 12.5 Å². The van der Waals surface area contributed by atoms with E-state index in [1.165, 1.54) is 7.11 Å². The molecule has 8 nitrogen and oxygen atoms in total. The van der Waals surface area contributed by atoms with Gasteiger partial charge in [-0.2, -0.15) is 0 Å². The van der Waals surface area contributed by atoms with E-state index in [-0.39, 0.29) is 12.0 Å². The molecule has 8 heteroatoms. The summed E-state index contributed by atoms with van der Waals surface area (Å²) < 4.78 is 7.24. The Morgan fingerprint density at radius 2 is 2.13 bits per heavy atom. The molecule has 0 amide bonds. The molecule has 1 saturated heterocycles. The minimum absolute atomic E-state index is 0.0211. The van der Waals surface area contributed by atoms with Crippen molar-refractivity contribution in [2.24, 2.45) is 0 Å². The maximum Gasteiger partial charge on any atom is 0.307 e. The lowest BCUT2D eigenvalue weighted by Gasteiger charge is -2.37. The lowest BCUT2D eigenvalue weighted by Crippen LogP contribution is -2.38. The monoisotopic (exact) mass is 404 g/mol. The van der Waals surface area contributed by atoms with Crippen LogP contribution in [-0.4, -0.2) is 55.6 Å². The molecule has 154 valence electrons. The van der Waals surface area contributed by atoms with Crippen LogP contribution in [0.15, 0.2) is 49.3 Å². The van der Waals surface area contributed by atoms with Gasteiger partial charge in [0.1, 0.15) is 11.2 Å².